The number of carbonyl (C=O) groups excluding carboxylic acids is 1. The predicted octanol–water partition coefficient (Wildman–Crippen LogP) is 3.71. The zero-order chi connectivity index (χ0) is 12.4. The van der Waals surface area contributed by atoms with Gasteiger partial charge in [-0.3, -0.25) is 4.79 Å². The normalized spacial score (nSPS) is 17.2. The maximum atomic E-state index is 11.2. The molecule has 2 rings (SSSR count). The van der Waals surface area contributed by atoms with Gasteiger partial charge in [0.15, 0.2) is 0 Å². The summed E-state index contributed by atoms with van der Waals surface area (Å²) in [6, 6.07) is 6.94. The lowest BCUT2D eigenvalue weighted by Gasteiger charge is -2.32. The number of anilines is 1. The van der Waals surface area contributed by atoms with Crippen LogP contribution in [-0.2, 0) is 4.79 Å². The van der Waals surface area contributed by atoms with Crippen LogP contribution in [0.4, 0.5) is 5.69 Å². The van der Waals surface area contributed by atoms with Crippen molar-refractivity contribution in [2.45, 2.75) is 38.6 Å². The Kier molecular flexibility index (Phi) is 3.87. The van der Waals surface area contributed by atoms with Crippen LogP contribution in [0.15, 0.2) is 22.7 Å². The van der Waals surface area contributed by atoms with Crippen LogP contribution in [0.1, 0.15) is 31.2 Å². The number of Topliss-reactive ketones (excluding diaryl/α,β-unsaturated/α-hetero) is 1. The van der Waals surface area contributed by atoms with Crippen molar-refractivity contribution in [1.29, 1.82) is 0 Å². The Hall–Kier alpha value is -0.830. The third kappa shape index (κ3) is 2.89. The zero-order valence-corrected chi connectivity index (χ0v) is 12.0. The van der Waals surface area contributed by atoms with Gasteiger partial charge in [0.1, 0.15) is 5.78 Å². The van der Waals surface area contributed by atoms with E-state index in [1.54, 1.807) is 0 Å². The van der Waals surface area contributed by atoms with Crippen LogP contribution < -0.4 is 4.90 Å². The molecule has 3 heteroatoms. The van der Waals surface area contributed by atoms with Crippen molar-refractivity contribution >= 4 is 27.4 Å². The summed E-state index contributed by atoms with van der Waals surface area (Å²) in [6.45, 7) is 2.09. The molecular weight excluding hydrogens is 278 g/mol. The number of carbonyl (C=O) groups is 1. The SMILES string of the molecule is Cc1ccc(N(C)C2CCC(=O)CC2)cc1Br. The van der Waals surface area contributed by atoms with E-state index in [9.17, 15) is 4.79 Å². The molecule has 1 fully saturated rings. The molecule has 0 spiro atoms. The summed E-state index contributed by atoms with van der Waals surface area (Å²) in [7, 11) is 2.12. The standard InChI is InChI=1S/C14H18BrNO/c1-10-3-4-12(9-14(10)15)16(2)11-5-7-13(17)8-6-11/h3-4,9,11H,5-8H2,1-2H3. The molecule has 92 valence electrons. The Labute approximate surface area is 111 Å². The van der Waals surface area contributed by atoms with Crippen LogP contribution >= 0.6 is 15.9 Å². The smallest absolute Gasteiger partial charge is 0.133 e. The lowest BCUT2D eigenvalue weighted by atomic mass is 9.93. The topological polar surface area (TPSA) is 20.3 Å². The monoisotopic (exact) mass is 295 g/mol. The van der Waals surface area contributed by atoms with Gasteiger partial charge >= 0.3 is 0 Å². The van der Waals surface area contributed by atoms with Gasteiger partial charge < -0.3 is 4.90 Å². The fraction of sp³-hybridized carbons (Fsp3) is 0.500. The first-order valence-electron chi connectivity index (χ1n) is 6.08. The van der Waals surface area contributed by atoms with Gasteiger partial charge in [0.05, 0.1) is 0 Å². The molecule has 0 amide bonds. The number of aryl methyl sites for hydroxylation is 1. The molecule has 0 radical (unpaired) electrons. The molecule has 1 aliphatic carbocycles. The first-order valence-corrected chi connectivity index (χ1v) is 6.88. The highest BCUT2D eigenvalue weighted by Gasteiger charge is 2.22. The van der Waals surface area contributed by atoms with Gasteiger partial charge in [-0.1, -0.05) is 22.0 Å². The Morgan fingerprint density at radius 2 is 1.94 bits per heavy atom. The molecule has 17 heavy (non-hydrogen) atoms. The molecule has 1 aromatic rings. The van der Waals surface area contributed by atoms with E-state index in [4.69, 9.17) is 0 Å². The van der Waals surface area contributed by atoms with Crippen molar-refractivity contribution in [2.24, 2.45) is 0 Å². The molecule has 0 atom stereocenters. The number of hydrogen-bond acceptors (Lipinski definition) is 2. The fourth-order valence-electron chi connectivity index (χ4n) is 2.32. The Morgan fingerprint density at radius 1 is 1.29 bits per heavy atom. The summed E-state index contributed by atoms with van der Waals surface area (Å²) in [5, 5.41) is 0. The lowest BCUT2D eigenvalue weighted by molar-refractivity contribution is -0.120. The average molecular weight is 296 g/mol. The van der Waals surface area contributed by atoms with E-state index in [1.165, 1.54) is 11.3 Å². The highest BCUT2D eigenvalue weighted by Crippen LogP contribution is 2.28. The maximum Gasteiger partial charge on any atom is 0.133 e. The highest BCUT2D eigenvalue weighted by atomic mass is 79.9. The first-order chi connectivity index (χ1) is 8.08. The van der Waals surface area contributed by atoms with E-state index in [1.807, 2.05) is 0 Å². The van der Waals surface area contributed by atoms with E-state index in [0.29, 0.717) is 11.8 Å². The van der Waals surface area contributed by atoms with Crippen LogP contribution in [0.2, 0.25) is 0 Å². The second kappa shape index (κ2) is 5.21. The summed E-state index contributed by atoms with van der Waals surface area (Å²) < 4.78 is 1.15. The molecule has 1 saturated carbocycles. The number of benzene rings is 1. The number of ketones is 1. The molecule has 0 bridgehead atoms. The number of hydrogen-bond donors (Lipinski definition) is 0. The van der Waals surface area contributed by atoms with E-state index in [-0.39, 0.29) is 0 Å². The van der Waals surface area contributed by atoms with Gasteiger partial charge in [0, 0.05) is 36.1 Å². The largest absolute Gasteiger partial charge is 0.372 e. The van der Waals surface area contributed by atoms with Gasteiger partial charge in [-0.2, -0.15) is 0 Å². The molecule has 0 saturated heterocycles. The van der Waals surface area contributed by atoms with Crippen molar-refractivity contribution in [3.8, 4) is 0 Å². The van der Waals surface area contributed by atoms with Gasteiger partial charge in [-0.15, -0.1) is 0 Å². The summed E-state index contributed by atoms with van der Waals surface area (Å²) in [5.74, 6) is 0.416. The quantitative estimate of drug-likeness (QED) is 0.829. The molecule has 0 heterocycles. The van der Waals surface area contributed by atoms with Crippen molar-refractivity contribution < 1.29 is 4.79 Å². The molecular formula is C14H18BrNO. The van der Waals surface area contributed by atoms with E-state index < -0.39 is 0 Å². The summed E-state index contributed by atoms with van der Waals surface area (Å²) >= 11 is 3.57. The van der Waals surface area contributed by atoms with Crippen LogP contribution in [0.25, 0.3) is 0 Å². The summed E-state index contributed by atoms with van der Waals surface area (Å²) in [6.07, 6.45) is 3.45. The minimum atomic E-state index is 0.416. The second-order valence-electron chi connectivity index (χ2n) is 4.81. The summed E-state index contributed by atoms with van der Waals surface area (Å²) in [5.41, 5.74) is 2.47. The average Bonchev–Trinajstić information content (AvgIpc) is 2.33. The van der Waals surface area contributed by atoms with Crippen molar-refractivity contribution in [1.82, 2.24) is 0 Å². The van der Waals surface area contributed by atoms with Crippen molar-refractivity contribution in [2.75, 3.05) is 11.9 Å². The van der Waals surface area contributed by atoms with Crippen molar-refractivity contribution in [3.63, 3.8) is 0 Å². The molecule has 0 N–H and O–H groups in total. The van der Waals surface area contributed by atoms with Crippen LogP contribution in [0.3, 0.4) is 0 Å². The van der Waals surface area contributed by atoms with Crippen LogP contribution in [0.5, 0.6) is 0 Å². The minimum absolute atomic E-state index is 0.416. The number of rotatable bonds is 2. The molecule has 0 aromatic heterocycles. The molecule has 2 nitrogen and oxygen atoms in total. The number of halogens is 1. The molecule has 1 aromatic carbocycles. The highest BCUT2D eigenvalue weighted by molar-refractivity contribution is 9.10. The first kappa shape index (κ1) is 12.6. The fourth-order valence-corrected chi connectivity index (χ4v) is 2.69. The van der Waals surface area contributed by atoms with E-state index in [0.717, 1.165) is 30.2 Å². The van der Waals surface area contributed by atoms with Crippen LogP contribution in [-0.4, -0.2) is 18.9 Å². The van der Waals surface area contributed by atoms with Gasteiger partial charge in [0.2, 0.25) is 0 Å². The van der Waals surface area contributed by atoms with Gasteiger partial charge in [-0.05, 0) is 37.5 Å². The minimum Gasteiger partial charge on any atom is -0.372 e. The maximum absolute atomic E-state index is 11.2. The Balaban J connectivity index is 2.11. The molecule has 0 unspecified atom stereocenters. The second-order valence-corrected chi connectivity index (χ2v) is 5.67. The Morgan fingerprint density at radius 3 is 2.53 bits per heavy atom. The van der Waals surface area contributed by atoms with E-state index >= 15 is 0 Å². The molecule has 1 aliphatic rings. The zero-order valence-electron chi connectivity index (χ0n) is 10.4. The van der Waals surface area contributed by atoms with Gasteiger partial charge in [0.25, 0.3) is 0 Å². The predicted molar refractivity (Wildman–Crippen MR) is 74.5 cm³/mol. The third-order valence-corrected chi connectivity index (χ3v) is 4.48. The summed E-state index contributed by atoms with van der Waals surface area (Å²) in [4.78, 5) is 13.5. The number of nitrogens with zero attached hydrogens (tertiary/aromatic N) is 1. The van der Waals surface area contributed by atoms with E-state index in [2.05, 4.69) is 53.0 Å². The van der Waals surface area contributed by atoms with Crippen molar-refractivity contribution in [3.05, 3.63) is 28.2 Å². The molecule has 0 aliphatic heterocycles. The Bertz CT molecular complexity index is 420. The van der Waals surface area contributed by atoms with Crippen LogP contribution in [0, 0.1) is 6.92 Å². The lowest BCUT2D eigenvalue weighted by Crippen LogP contribution is -2.35. The third-order valence-electron chi connectivity index (χ3n) is 3.62. The van der Waals surface area contributed by atoms with Gasteiger partial charge in [-0.25, -0.2) is 0 Å².